The van der Waals surface area contributed by atoms with E-state index in [0.717, 1.165) is 11.1 Å². The third-order valence-corrected chi connectivity index (χ3v) is 2.99. The molecule has 0 amide bonds. The predicted molar refractivity (Wildman–Crippen MR) is 64.3 cm³/mol. The highest BCUT2D eigenvalue weighted by Gasteiger charge is 2.03. The lowest BCUT2D eigenvalue weighted by Gasteiger charge is -2.05. The Hall–Kier alpha value is -1.48. The molecule has 0 radical (unpaired) electrons. The highest BCUT2D eigenvalue weighted by atomic mass is 32.2. The molecule has 76 valence electrons. The van der Waals surface area contributed by atoms with Gasteiger partial charge in [-0.25, -0.2) is 0 Å². The number of nitrogens with one attached hydrogen (secondary N) is 1. The summed E-state index contributed by atoms with van der Waals surface area (Å²) in [5.74, 6) is 0. The maximum absolute atomic E-state index is 11.2. The quantitative estimate of drug-likeness (QED) is 0.785. The summed E-state index contributed by atoms with van der Waals surface area (Å²) < 4.78 is 0. The first-order valence-electron chi connectivity index (χ1n) is 4.63. The van der Waals surface area contributed by atoms with Crippen LogP contribution in [0.2, 0.25) is 0 Å². The Balaban J connectivity index is 2.58. The predicted octanol–water partition coefficient (Wildman–Crippen LogP) is 2.76. The molecule has 1 N–H and O–H groups in total. The highest BCUT2D eigenvalue weighted by Crippen LogP contribution is 2.28. The SMILES string of the molecule is CSc1ccccc1-c1cc[nH]c(=O)c1. The van der Waals surface area contributed by atoms with Gasteiger partial charge in [-0.15, -0.1) is 11.8 Å². The Labute approximate surface area is 92.4 Å². The molecule has 0 unspecified atom stereocenters. The Kier molecular flexibility index (Phi) is 2.92. The van der Waals surface area contributed by atoms with Crippen molar-refractivity contribution in [1.82, 2.24) is 4.98 Å². The number of pyridine rings is 1. The molecule has 2 aromatic rings. The van der Waals surface area contributed by atoms with Crippen molar-refractivity contribution >= 4 is 11.8 Å². The molecular formula is C12H11NOS. The van der Waals surface area contributed by atoms with Gasteiger partial charge in [-0.3, -0.25) is 4.79 Å². The van der Waals surface area contributed by atoms with Gasteiger partial charge >= 0.3 is 0 Å². The standard InChI is InChI=1S/C12H11NOS/c1-15-11-5-3-2-4-10(11)9-6-7-13-12(14)8-9/h2-8H,1H3,(H,13,14). The van der Waals surface area contributed by atoms with Crippen molar-refractivity contribution in [2.45, 2.75) is 4.90 Å². The fraction of sp³-hybridized carbons (Fsp3) is 0.0833. The summed E-state index contributed by atoms with van der Waals surface area (Å²) in [4.78, 5) is 15.0. The van der Waals surface area contributed by atoms with Crippen molar-refractivity contribution < 1.29 is 0 Å². The molecule has 0 bridgehead atoms. The molecule has 3 heteroatoms. The molecule has 1 heterocycles. The van der Waals surface area contributed by atoms with Gasteiger partial charge in [0.1, 0.15) is 0 Å². The molecule has 0 aliphatic carbocycles. The zero-order chi connectivity index (χ0) is 10.7. The number of aromatic nitrogens is 1. The molecule has 0 saturated carbocycles. The van der Waals surface area contributed by atoms with E-state index in [4.69, 9.17) is 0 Å². The molecule has 0 fully saturated rings. The summed E-state index contributed by atoms with van der Waals surface area (Å²) in [5, 5.41) is 0. The van der Waals surface area contributed by atoms with E-state index in [2.05, 4.69) is 11.1 Å². The van der Waals surface area contributed by atoms with Gasteiger partial charge in [0.2, 0.25) is 5.56 Å². The summed E-state index contributed by atoms with van der Waals surface area (Å²) in [6.45, 7) is 0. The minimum absolute atomic E-state index is 0.0663. The van der Waals surface area contributed by atoms with Gasteiger partial charge in [0.05, 0.1) is 0 Å². The molecule has 1 aromatic heterocycles. The van der Waals surface area contributed by atoms with E-state index in [1.54, 1.807) is 24.0 Å². The number of H-pyrrole nitrogens is 1. The van der Waals surface area contributed by atoms with Crippen molar-refractivity contribution in [3.63, 3.8) is 0 Å². The van der Waals surface area contributed by atoms with Gasteiger partial charge in [-0.1, -0.05) is 18.2 Å². The van der Waals surface area contributed by atoms with Crippen LogP contribution in [0.15, 0.2) is 52.3 Å². The number of rotatable bonds is 2. The monoisotopic (exact) mass is 217 g/mol. The third kappa shape index (κ3) is 2.13. The van der Waals surface area contributed by atoms with Crippen molar-refractivity contribution in [2.75, 3.05) is 6.26 Å². The van der Waals surface area contributed by atoms with E-state index in [1.165, 1.54) is 4.90 Å². The van der Waals surface area contributed by atoms with Crippen LogP contribution in [0.5, 0.6) is 0 Å². The van der Waals surface area contributed by atoms with Crippen LogP contribution in [0.3, 0.4) is 0 Å². The summed E-state index contributed by atoms with van der Waals surface area (Å²) in [6.07, 6.45) is 3.71. The normalized spacial score (nSPS) is 10.2. The van der Waals surface area contributed by atoms with Crippen molar-refractivity contribution in [3.8, 4) is 11.1 Å². The first-order valence-corrected chi connectivity index (χ1v) is 5.86. The second-order valence-electron chi connectivity index (χ2n) is 3.14. The van der Waals surface area contributed by atoms with Crippen LogP contribution in [-0.2, 0) is 0 Å². The van der Waals surface area contributed by atoms with E-state index in [-0.39, 0.29) is 5.56 Å². The first kappa shape index (κ1) is 10.1. The first-order chi connectivity index (χ1) is 7.31. The molecule has 0 aliphatic rings. The fourth-order valence-corrected chi connectivity index (χ4v) is 2.12. The van der Waals surface area contributed by atoms with Crippen LogP contribution in [-0.4, -0.2) is 11.2 Å². The number of hydrogen-bond donors (Lipinski definition) is 1. The lowest BCUT2D eigenvalue weighted by atomic mass is 10.1. The largest absolute Gasteiger partial charge is 0.329 e. The minimum atomic E-state index is -0.0663. The Morgan fingerprint density at radius 2 is 2.00 bits per heavy atom. The third-order valence-electron chi connectivity index (χ3n) is 2.19. The van der Waals surface area contributed by atoms with Gasteiger partial charge in [0.15, 0.2) is 0 Å². The molecule has 2 nitrogen and oxygen atoms in total. The van der Waals surface area contributed by atoms with E-state index >= 15 is 0 Å². The van der Waals surface area contributed by atoms with E-state index in [9.17, 15) is 4.79 Å². The molecule has 2 rings (SSSR count). The lowest BCUT2D eigenvalue weighted by Crippen LogP contribution is -2.02. The molecule has 0 saturated heterocycles. The topological polar surface area (TPSA) is 32.9 Å². The van der Waals surface area contributed by atoms with Gasteiger partial charge in [0.25, 0.3) is 0 Å². The van der Waals surface area contributed by atoms with E-state index < -0.39 is 0 Å². The average Bonchev–Trinajstić information content (AvgIpc) is 2.29. The maximum atomic E-state index is 11.2. The van der Waals surface area contributed by atoms with Crippen LogP contribution < -0.4 is 5.56 Å². The van der Waals surface area contributed by atoms with Crippen LogP contribution >= 0.6 is 11.8 Å². The summed E-state index contributed by atoms with van der Waals surface area (Å²) in [7, 11) is 0. The van der Waals surface area contributed by atoms with Crippen molar-refractivity contribution in [3.05, 3.63) is 52.9 Å². The summed E-state index contributed by atoms with van der Waals surface area (Å²) in [5.41, 5.74) is 2.00. The number of hydrogen-bond acceptors (Lipinski definition) is 2. The average molecular weight is 217 g/mol. The zero-order valence-corrected chi connectivity index (χ0v) is 9.17. The van der Waals surface area contributed by atoms with Gasteiger partial charge in [-0.2, -0.15) is 0 Å². The summed E-state index contributed by atoms with van der Waals surface area (Å²) >= 11 is 1.68. The second kappa shape index (κ2) is 4.36. The molecule has 15 heavy (non-hydrogen) atoms. The van der Waals surface area contributed by atoms with Crippen LogP contribution in [0, 0.1) is 0 Å². The molecule has 0 spiro atoms. The van der Waals surface area contributed by atoms with Gasteiger partial charge < -0.3 is 4.98 Å². The summed E-state index contributed by atoms with van der Waals surface area (Å²) in [6, 6.07) is 11.6. The van der Waals surface area contributed by atoms with Gasteiger partial charge in [-0.05, 0) is 29.5 Å². The molecular weight excluding hydrogens is 206 g/mol. The highest BCUT2D eigenvalue weighted by molar-refractivity contribution is 7.98. The van der Waals surface area contributed by atoms with E-state index in [1.807, 2.05) is 30.5 Å². The fourth-order valence-electron chi connectivity index (χ4n) is 1.50. The van der Waals surface area contributed by atoms with Crippen LogP contribution in [0.4, 0.5) is 0 Å². The smallest absolute Gasteiger partial charge is 0.248 e. The van der Waals surface area contributed by atoms with Gasteiger partial charge in [0, 0.05) is 17.2 Å². The van der Waals surface area contributed by atoms with Crippen LogP contribution in [0.1, 0.15) is 0 Å². The lowest BCUT2D eigenvalue weighted by molar-refractivity contribution is 1.24. The Morgan fingerprint density at radius 1 is 1.20 bits per heavy atom. The second-order valence-corrected chi connectivity index (χ2v) is 3.99. The Morgan fingerprint density at radius 3 is 2.73 bits per heavy atom. The number of thioether (sulfide) groups is 1. The molecule has 0 aliphatic heterocycles. The van der Waals surface area contributed by atoms with Crippen molar-refractivity contribution in [2.24, 2.45) is 0 Å². The van der Waals surface area contributed by atoms with Crippen LogP contribution in [0.25, 0.3) is 11.1 Å². The minimum Gasteiger partial charge on any atom is -0.329 e. The molecule has 0 atom stereocenters. The number of aromatic amines is 1. The molecule has 1 aromatic carbocycles. The van der Waals surface area contributed by atoms with E-state index in [0.29, 0.717) is 0 Å². The van der Waals surface area contributed by atoms with Crippen molar-refractivity contribution in [1.29, 1.82) is 0 Å². The Bertz CT molecular complexity index is 519. The maximum Gasteiger partial charge on any atom is 0.248 e. The number of benzene rings is 1. The zero-order valence-electron chi connectivity index (χ0n) is 8.36.